The molecule has 0 aromatic heterocycles. The number of ether oxygens (including phenoxy) is 1. The zero-order valence-corrected chi connectivity index (χ0v) is 21.2. The third-order valence-corrected chi connectivity index (χ3v) is 7.25. The minimum atomic E-state index is -3.98. The Balaban J connectivity index is 2.17. The number of hydrogen-bond donors (Lipinski definition) is 3. The monoisotopic (exact) mass is 522 g/mol. The van der Waals surface area contributed by atoms with Crippen LogP contribution >= 0.6 is 11.6 Å². The lowest BCUT2D eigenvalue weighted by Gasteiger charge is -2.17. The van der Waals surface area contributed by atoms with Crippen molar-refractivity contribution in [2.75, 3.05) is 10.6 Å². The van der Waals surface area contributed by atoms with E-state index in [1.807, 2.05) is 6.92 Å². The first-order valence-electron chi connectivity index (χ1n) is 10.7. The zero-order valence-electron chi connectivity index (χ0n) is 19.7. The minimum absolute atomic E-state index is 0.00532. The fourth-order valence-corrected chi connectivity index (χ4v) is 4.83. The van der Waals surface area contributed by atoms with Gasteiger partial charge in [-0.25, -0.2) is 13.2 Å². The maximum atomic E-state index is 13.0. The number of sulfone groups is 1. The van der Waals surface area contributed by atoms with Crippen LogP contribution in [0.1, 0.15) is 32.8 Å². The highest BCUT2D eigenvalue weighted by atomic mass is 35.5. The number of phenols is 1. The molecule has 0 saturated carbocycles. The molecule has 2 rings (SSSR count). The summed E-state index contributed by atoms with van der Waals surface area (Å²) >= 11 is 6.19. The Kier molecular flexibility index (Phi) is 9.44. The third-order valence-electron chi connectivity index (χ3n) is 4.71. The average Bonchev–Trinajstić information content (AvgIpc) is 2.76. The molecular formula is C24H27ClN2O7S. The number of esters is 1. The molecule has 188 valence electrons. The molecule has 0 bridgehead atoms. The van der Waals surface area contributed by atoms with E-state index in [1.54, 1.807) is 32.9 Å². The number of carbonyl (C=O) groups is 3. The van der Waals surface area contributed by atoms with Gasteiger partial charge < -0.3 is 20.5 Å². The van der Waals surface area contributed by atoms with Gasteiger partial charge in [-0.1, -0.05) is 36.2 Å². The molecule has 9 nitrogen and oxygen atoms in total. The molecule has 0 aliphatic heterocycles. The first-order valence-corrected chi connectivity index (χ1v) is 12.6. The Morgan fingerprint density at radius 3 is 2.26 bits per heavy atom. The van der Waals surface area contributed by atoms with Crippen molar-refractivity contribution in [3.8, 4) is 5.75 Å². The molecule has 2 aromatic carbocycles. The van der Waals surface area contributed by atoms with Gasteiger partial charge >= 0.3 is 5.97 Å². The number of anilines is 2. The second-order valence-electron chi connectivity index (χ2n) is 7.90. The fraction of sp³-hybridized carbons (Fsp3) is 0.292. The summed E-state index contributed by atoms with van der Waals surface area (Å²) in [6.07, 6.45) is 1.52. The molecule has 0 aliphatic rings. The van der Waals surface area contributed by atoms with E-state index in [0.29, 0.717) is 0 Å². The van der Waals surface area contributed by atoms with E-state index < -0.39 is 38.6 Å². The largest absolute Gasteiger partial charge is 0.506 e. The van der Waals surface area contributed by atoms with Crippen LogP contribution in [0.4, 0.5) is 11.4 Å². The van der Waals surface area contributed by atoms with Crippen molar-refractivity contribution in [2.45, 2.75) is 50.4 Å². The first-order chi connectivity index (χ1) is 16.3. The Morgan fingerprint density at radius 2 is 1.69 bits per heavy atom. The van der Waals surface area contributed by atoms with Crippen molar-refractivity contribution >= 4 is 50.6 Å². The van der Waals surface area contributed by atoms with Crippen molar-refractivity contribution in [2.24, 2.45) is 0 Å². The van der Waals surface area contributed by atoms with Crippen LogP contribution in [0.3, 0.4) is 0 Å². The number of carbonyl (C=O) groups excluding carboxylic acids is 3. The molecule has 35 heavy (non-hydrogen) atoms. The average molecular weight is 523 g/mol. The normalized spacial score (nSPS) is 12.4. The third kappa shape index (κ3) is 7.56. The number of phenolic OH excluding ortho intramolecular Hbond substituents is 1. The highest BCUT2D eigenvalue weighted by Crippen LogP contribution is 2.34. The Labute approximate surface area is 209 Å². The van der Waals surface area contributed by atoms with Gasteiger partial charge in [0.1, 0.15) is 11.0 Å². The maximum absolute atomic E-state index is 13.0. The molecule has 0 fully saturated rings. The van der Waals surface area contributed by atoms with Gasteiger partial charge in [-0.05, 0) is 45.4 Å². The predicted molar refractivity (Wildman–Crippen MR) is 133 cm³/mol. The van der Waals surface area contributed by atoms with Crippen LogP contribution in [0, 0.1) is 6.92 Å². The number of hydrogen-bond acceptors (Lipinski definition) is 7. The lowest BCUT2D eigenvalue weighted by molar-refractivity contribution is -0.141. The van der Waals surface area contributed by atoms with Crippen molar-refractivity contribution in [3.05, 3.63) is 59.1 Å². The number of rotatable bonds is 9. The van der Waals surface area contributed by atoms with Gasteiger partial charge in [0, 0.05) is 18.2 Å². The topological polar surface area (TPSA) is 139 Å². The first kappa shape index (κ1) is 27.9. The summed E-state index contributed by atoms with van der Waals surface area (Å²) in [5, 5.41) is 13.6. The van der Waals surface area contributed by atoms with Crippen LogP contribution in [0.5, 0.6) is 5.75 Å². The van der Waals surface area contributed by atoms with Crippen molar-refractivity contribution < 1.29 is 32.6 Å². The molecule has 11 heteroatoms. The van der Waals surface area contributed by atoms with Crippen LogP contribution < -0.4 is 10.6 Å². The molecule has 1 atom stereocenters. The van der Waals surface area contributed by atoms with Crippen LogP contribution in [0.2, 0.25) is 5.02 Å². The van der Waals surface area contributed by atoms with E-state index in [4.69, 9.17) is 16.3 Å². The molecule has 1 unspecified atom stereocenters. The van der Waals surface area contributed by atoms with Gasteiger partial charge in [-0.3, -0.25) is 9.59 Å². The molecular weight excluding hydrogens is 496 g/mol. The summed E-state index contributed by atoms with van der Waals surface area (Å²) in [4.78, 5) is 36.4. The van der Waals surface area contributed by atoms with E-state index in [-0.39, 0.29) is 33.8 Å². The van der Waals surface area contributed by atoms with Gasteiger partial charge in [0.15, 0.2) is 9.84 Å². The Hall–Kier alpha value is -3.37. The van der Waals surface area contributed by atoms with E-state index >= 15 is 0 Å². The van der Waals surface area contributed by atoms with Gasteiger partial charge in [0.05, 0.1) is 27.4 Å². The molecule has 0 radical (unpaired) electrons. The van der Waals surface area contributed by atoms with Crippen LogP contribution in [-0.2, 0) is 29.0 Å². The smallest absolute Gasteiger partial charge is 0.331 e. The van der Waals surface area contributed by atoms with E-state index in [9.17, 15) is 27.9 Å². The zero-order chi connectivity index (χ0) is 26.3. The van der Waals surface area contributed by atoms with Gasteiger partial charge in [-0.15, -0.1) is 0 Å². The molecule has 2 amide bonds. The van der Waals surface area contributed by atoms with Crippen LogP contribution in [0.15, 0.2) is 53.4 Å². The SMILES string of the molecule is CCC(C(=O)Nc1cc(O)c(NC(=O)/C=C/C(=O)OC(C)C)cc1Cl)S(=O)(=O)c1ccc(C)cc1. The molecule has 0 heterocycles. The molecule has 3 N–H and O–H groups in total. The summed E-state index contributed by atoms with van der Waals surface area (Å²) in [7, 11) is -3.98. The molecule has 0 aliphatic carbocycles. The van der Waals surface area contributed by atoms with Crippen LogP contribution in [-0.4, -0.2) is 42.7 Å². The van der Waals surface area contributed by atoms with Crippen molar-refractivity contribution in [3.63, 3.8) is 0 Å². The number of benzene rings is 2. The summed E-state index contributed by atoms with van der Waals surface area (Å²) in [6, 6.07) is 8.42. The van der Waals surface area contributed by atoms with Gasteiger partial charge in [0.2, 0.25) is 11.8 Å². The molecule has 2 aromatic rings. The number of amides is 2. The Morgan fingerprint density at radius 1 is 1.06 bits per heavy atom. The van der Waals surface area contributed by atoms with E-state index in [1.165, 1.54) is 18.2 Å². The lowest BCUT2D eigenvalue weighted by Crippen LogP contribution is -2.34. The second-order valence-corrected chi connectivity index (χ2v) is 10.4. The molecule has 0 saturated heterocycles. The summed E-state index contributed by atoms with van der Waals surface area (Å²) < 4.78 is 30.8. The number of aromatic hydroxyl groups is 1. The lowest BCUT2D eigenvalue weighted by atomic mass is 10.2. The summed E-state index contributed by atoms with van der Waals surface area (Å²) in [5.41, 5.74) is 0.752. The second kappa shape index (κ2) is 11.9. The van der Waals surface area contributed by atoms with Gasteiger partial charge in [0.25, 0.3) is 0 Å². The number of nitrogens with one attached hydrogen (secondary N) is 2. The number of aryl methyl sites for hydroxylation is 1. The van der Waals surface area contributed by atoms with Crippen LogP contribution in [0.25, 0.3) is 0 Å². The Bertz CT molecular complexity index is 1240. The van der Waals surface area contributed by atoms with Crippen molar-refractivity contribution in [1.82, 2.24) is 0 Å². The predicted octanol–water partition coefficient (Wildman–Crippen LogP) is 3.99. The van der Waals surface area contributed by atoms with Crippen molar-refractivity contribution in [1.29, 1.82) is 0 Å². The van der Waals surface area contributed by atoms with E-state index in [2.05, 4.69) is 10.6 Å². The fourth-order valence-electron chi connectivity index (χ4n) is 3.00. The maximum Gasteiger partial charge on any atom is 0.331 e. The minimum Gasteiger partial charge on any atom is -0.506 e. The number of halogens is 1. The summed E-state index contributed by atoms with van der Waals surface area (Å²) in [5.74, 6) is -2.70. The summed E-state index contributed by atoms with van der Waals surface area (Å²) in [6.45, 7) is 6.70. The standard InChI is InChI=1S/C24H27ClN2O7S/c1-5-21(35(32,33)16-8-6-15(4)7-9-16)24(31)27-18-13-20(28)19(12-17(18)25)26-22(29)10-11-23(30)34-14(2)3/h6-14,21,28H,5H2,1-4H3,(H,26,29)(H,27,31)/b11-10+. The van der Waals surface area contributed by atoms with Gasteiger partial charge in [-0.2, -0.15) is 0 Å². The molecule has 0 spiro atoms. The highest BCUT2D eigenvalue weighted by molar-refractivity contribution is 7.92. The quantitative estimate of drug-likeness (QED) is 0.257. The highest BCUT2D eigenvalue weighted by Gasteiger charge is 2.33. The van der Waals surface area contributed by atoms with E-state index in [0.717, 1.165) is 23.8 Å².